The number of aliphatic hydroxyl groups is 1. The van der Waals surface area contributed by atoms with Gasteiger partial charge in [0.1, 0.15) is 18.1 Å². The van der Waals surface area contributed by atoms with E-state index < -0.39 is 42.3 Å². The molecule has 2 saturated heterocycles. The number of nitrogens with zero attached hydrogens (tertiary/aromatic N) is 1. The van der Waals surface area contributed by atoms with Gasteiger partial charge in [0.25, 0.3) is 5.91 Å². The number of morpholine rings is 1. The summed E-state index contributed by atoms with van der Waals surface area (Å²) in [6.45, 7) is 0.208. The second kappa shape index (κ2) is 10.1. The van der Waals surface area contributed by atoms with Crippen LogP contribution in [0.1, 0.15) is 29.6 Å². The highest BCUT2D eigenvalue weighted by atomic mass is 16.6. The molecule has 2 aromatic rings. The summed E-state index contributed by atoms with van der Waals surface area (Å²) in [5, 5.41) is 17.2. The van der Waals surface area contributed by atoms with Crippen LogP contribution in [0.15, 0.2) is 54.6 Å². The van der Waals surface area contributed by atoms with E-state index in [2.05, 4.69) is 15.4 Å². The molecule has 10 nitrogen and oxygen atoms in total. The van der Waals surface area contributed by atoms with Crippen LogP contribution < -0.4 is 10.6 Å². The second-order valence-electron chi connectivity index (χ2n) is 9.18. The topological polar surface area (TPSA) is 134 Å². The number of fused-ring (bicyclic) bond motifs is 2. The molecule has 2 aromatic carbocycles. The van der Waals surface area contributed by atoms with Gasteiger partial charge in [-0.3, -0.25) is 19.2 Å². The first-order valence-electron chi connectivity index (χ1n) is 11.9. The Balaban J connectivity index is 1.34. The van der Waals surface area contributed by atoms with Crippen LogP contribution in [0.25, 0.3) is 10.8 Å². The Labute approximate surface area is 207 Å². The van der Waals surface area contributed by atoms with Crippen molar-refractivity contribution in [3.05, 3.63) is 60.2 Å². The summed E-state index contributed by atoms with van der Waals surface area (Å²) in [7, 11) is 0. The van der Waals surface area contributed by atoms with Gasteiger partial charge >= 0.3 is 5.97 Å². The molecule has 3 N–H and O–H groups in total. The van der Waals surface area contributed by atoms with Crippen molar-refractivity contribution in [1.82, 2.24) is 15.5 Å². The number of carbonyl (C=O) groups is 4. The van der Waals surface area contributed by atoms with E-state index in [0.29, 0.717) is 12.0 Å². The minimum absolute atomic E-state index is 0.0409. The van der Waals surface area contributed by atoms with Crippen molar-refractivity contribution in [2.45, 2.75) is 49.7 Å². The maximum absolute atomic E-state index is 13.7. The van der Waals surface area contributed by atoms with E-state index in [9.17, 15) is 24.3 Å². The van der Waals surface area contributed by atoms with Crippen molar-refractivity contribution in [2.24, 2.45) is 0 Å². The Bertz CT molecular complexity index is 1230. The standard InChI is InChI=1S/C26H27N3O7/c30-22-12-20(26(34)36-22)28-24(32)21-14-35-13-18-7-3-4-8-19(25(33)29(18)21)27-23(31)17-10-9-15-5-1-2-6-16(15)11-17/h1-6,9-11,18-21,26,34H,7-8,12-14H2,(H,27,31)(H,28,32)/t18-,19-,20?,21-,26?/m0/s1. The number of amides is 3. The molecular weight excluding hydrogens is 466 g/mol. The lowest BCUT2D eigenvalue weighted by atomic mass is 9.99. The number of esters is 1. The van der Waals surface area contributed by atoms with Gasteiger partial charge in [0.05, 0.1) is 25.7 Å². The zero-order chi connectivity index (χ0) is 25.2. The monoisotopic (exact) mass is 493 g/mol. The Kier molecular flexibility index (Phi) is 6.71. The molecule has 0 aromatic heterocycles. The van der Waals surface area contributed by atoms with E-state index in [1.54, 1.807) is 12.1 Å². The highest BCUT2D eigenvalue weighted by molar-refractivity contribution is 6.01. The molecule has 3 amide bonds. The van der Waals surface area contributed by atoms with E-state index in [1.165, 1.54) is 4.90 Å². The predicted octanol–water partition coefficient (Wildman–Crippen LogP) is 0.634. The average molecular weight is 494 g/mol. The smallest absolute Gasteiger partial charge is 0.310 e. The third-order valence-corrected chi connectivity index (χ3v) is 6.74. The number of carbonyl (C=O) groups excluding carboxylic acids is 4. The van der Waals surface area contributed by atoms with E-state index in [0.717, 1.165) is 10.8 Å². The van der Waals surface area contributed by atoms with Crippen LogP contribution in [0.3, 0.4) is 0 Å². The number of rotatable bonds is 4. The van der Waals surface area contributed by atoms with Gasteiger partial charge in [-0.2, -0.15) is 0 Å². The molecule has 0 spiro atoms. The van der Waals surface area contributed by atoms with Crippen LogP contribution in [-0.2, 0) is 23.9 Å². The Morgan fingerprint density at radius 1 is 0.972 bits per heavy atom. The summed E-state index contributed by atoms with van der Waals surface area (Å²) in [5.41, 5.74) is 0.431. The van der Waals surface area contributed by atoms with Crippen molar-refractivity contribution in [3.8, 4) is 0 Å². The third kappa shape index (κ3) is 4.82. The minimum atomic E-state index is -1.44. The van der Waals surface area contributed by atoms with E-state index in [-0.39, 0.29) is 37.9 Å². The second-order valence-corrected chi connectivity index (χ2v) is 9.18. The lowest BCUT2D eigenvalue weighted by molar-refractivity contribution is -0.159. The first-order valence-corrected chi connectivity index (χ1v) is 11.9. The van der Waals surface area contributed by atoms with Gasteiger partial charge in [0, 0.05) is 5.56 Å². The number of nitrogens with one attached hydrogen (secondary N) is 2. The molecule has 188 valence electrons. The van der Waals surface area contributed by atoms with E-state index in [1.807, 2.05) is 42.5 Å². The zero-order valence-electron chi connectivity index (χ0n) is 19.5. The van der Waals surface area contributed by atoms with Crippen LogP contribution in [0.2, 0.25) is 0 Å². The number of aliphatic hydroxyl groups excluding tert-OH is 1. The quantitative estimate of drug-likeness (QED) is 0.420. The maximum atomic E-state index is 13.7. The Hall–Kier alpha value is -3.76. The molecule has 3 heterocycles. The fraction of sp³-hybridized carbons (Fsp3) is 0.385. The zero-order valence-corrected chi connectivity index (χ0v) is 19.5. The van der Waals surface area contributed by atoms with Crippen LogP contribution in [0.4, 0.5) is 0 Å². The highest BCUT2D eigenvalue weighted by Crippen LogP contribution is 2.23. The van der Waals surface area contributed by atoms with Crippen LogP contribution in [0.5, 0.6) is 0 Å². The summed E-state index contributed by atoms with van der Waals surface area (Å²) in [5.74, 6) is -1.95. The summed E-state index contributed by atoms with van der Waals surface area (Å²) in [4.78, 5) is 52.8. The summed E-state index contributed by atoms with van der Waals surface area (Å²) >= 11 is 0. The third-order valence-electron chi connectivity index (χ3n) is 6.74. The van der Waals surface area contributed by atoms with Crippen LogP contribution in [0, 0.1) is 0 Å². The SMILES string of the molecule is O=C1CC(NC(=O)[C@@H]2COC[C@@H]3CC=CC[C@H](NC(=O)c4ccc5ccccc5c4)C(=O)N32)C(O)O1. The van der Waals surface area contributed by atoms with E-state index in [4.69, 9.17) is 4.74 Å². The highest BCUT2D eigenvalue weighted by Gasteiger charge is 2.44. The molecule has 2 unspecified atom stereocenters. The van der Waals surface area contributed by atoms with Gasteiger partial charge in [-0.1, -0.05) is 42.5 Å². The molecule has 5 atom stereocenters. The maximum Gasteiger partial charge on any atom is 0.310 e. The van der Waals surface area contributed by atoms with Crippen molar-refractivity contribution in [1.29, 1.82) is 0 Å². The number of hydrogen-bond donors (Lipinski definition) is 3. The lowest BCUT2D eigenvalue weighted by Crippen LogP contribution is -2.65. The van der Waals surface area contributed by atoms with E-state index >= 15 is 0 Å². The van der Waals surface area contributed by atoms with Gasteiger partial charge in [0.2, 0.25) is 18.1 Å². The largest absolute Gasteiger partial charge is 0.434 e. The number of benzene rings is 2. The minimum Gasteiger partial charge on any atom is -0.434 e. The number of ether oxygens (including phenoxy) is 2. The normalized spacial score (nSPS) is 28.1. The number of cyclic esters (lactones) is 1. The Morgan fingerprint density at radius 3 is 2.53 bits per heavy atom. The average Bonchev–Trinajstić information content (AvgIpc) is 3.19. The molecule has 5 rings (SSSR count). The fourth-order valence-corrected chi connectivity index (χ4v) is 4.85. The van der Waals surface area contributed by atoms with Gasteiger partial charge in [-0.05, 0) is 35.7 Å². The van der Waals surface area contributed by atoms with Crippen molar-refractivity contribution >= 4 is 34.5 Å². The van der Waals surface area contributed by atoms with Crippen LogP contribution >= 0.6 is 0 Å². The number of hydrogen-bond acceptors (Lipinski definition) is 7. The first kappa shape index (κ1) is 24.0. The molecule has 3 aliphatic rings. The van der Waals surface area contributed by atoms with Gasteiger partial charge in [-0.25, -0.2) is 0 Å². The van der Waals surface area contributed by atoms with Crippen molar-refractivity contribution in [2.75, 3.05) is 13.2 Å². The lowest BCUT2D eigenvalue weighted by Gasteiger charge is -2.43. The molecule has 36 heavy (non-hydrogen) atoms. The summed E-state index contributed by atoms with van der Waals surface area (Å²) in [6, 6.07) is 9.87. The van der Waals surface area contributed by atoms with Crippen molar-refractivity contribution < 1.29 is 33.8 Å². The van der Waals surface area contributed by atoms with Crippen molar-refractivity contribution in [3.63, 3.8) is 0 Å². The fourth-order valence-electron chi connectivity index (χ4n) is 4.85. The van der Waals surface area contributed by atoms with Gasteiger partial charge < -0.3 is 30.1 Å². The molecule has 3 aliphatic heterocycles. The predicted molar refractivity (Wildman–Crippen MR) is 127 cm³/mol. The molecular formula is C26H27N3O7. The van der Waals surface area contributed by atoms with Gasteiger partial charge in [-0.15, -0.1) is 0 Å². The molecule has 0 aliphatic carbocycles. The molecule has 10 heteroatoms. The molecule has 0 radical (unpaired) electrons. The Morgan fingerprint density at radius 2 is 1.75 bits per heavy atom. The summed E-state index contributed by atoms with van der Waals surface area (Å²) < 4.78 is 10.3. The molecule has 0 bridgehead atoms. The van der Waals surface area contributed by atoms with Crippen LogP contribution in [-0.4, -0.2) is 77.4 Å². The van der Waals surface area contributed by atoms with Gasteiger partial charge in [0.15, 0.2) is 0 Å². The molecule has 2 fully saturated rings. The molecule has 0 saturated carbocycles. The first-order chi connectivity index (χ1) is 17.4. The summed E-state index contributed by atoms with van der Waals surface area (Å²) in [6.07, 6.45) is 2.93.